The number of benzene rings is 1. The molecule has 0 aliphatic carbocycles. The van der Waals surface area contributed by atoms with E-state index in [9.17, 15) is 4.79 Å². The average Bonchev–Trinajstić information content (AvgIpc) is 2.48. The van der Waals surface area contributed by atoms with Crippen molar-refractivity contribution in [3.8, 4) is 0 Å². The summed E-state index contributed by atoms with van der Waals surface area (Å²) in [5.41, 5.74) is 2.14. The van der Waals surface area contributed by atoms with Crippen LogP contribution in [-0.2, 0) is 11.3 Å². The Hall–Kier alpha value is -2.07. The van der Waals surface area contributed by atoms with Gasteiger partial charge in [-0.2, -0.15) is 4.57 Å². The molecule has 0 bridgehead atoms. The first-order chi connectivity index (χ1) is 10.5. The van der Waals surface area contributed by atoms with Gasteiger partial charge >= 0.3 is 0 Å². The van der Waals surface area contributed by atoms with Gasteiger partial charge in [0.15, 0.2) is 12.4 Å². The Kier molecular flexibility index (Phi) is 5.39. The third-order valence-electron chi connectivity index (χ3n) is 3.46. The van der Waals surface area contributed by atoms with Gasteiger partial charge in [-0.3, -0.25) is 4.79 Å². The highest BCUT2D eigenvalue weighted by Crippen LogP contribution is 2.15. The lowest BCUT2D eigenvalue weighted by Gasteiger charge is -2.13. The van der Waals surface area contributed by atoms with E-state index < -0.39 is 0 Å². The summed E-state index contributed by atoms with van der Waals surface area (Å²) in [5.74, 6) is -0.0231. The molecule has 0 saturated heterocycles. The molecule has 5 heteroatoms. The largest absolute Gasteiger partial charge is 0.377 e. The van der Waals surface area contributed by atoms with Crippen molar-refractivity contribution in [2.75, 3.05) is 19.0 Å². The molecule has 1 amide bonds. The maximum atomic E-state index is 12.1. The number of rotatable bonds is 5. The van der Waals surface area contributed by atoms with Gasteiger partial charge in [-0.15, -0.1) is 0 Å². The minimum atomic E-state index is -0.0496. The highest BCUT2D eigenvalue weighted by atomic mass is 35.5. The van der Waals surface area contributed by atoms with Crippen LogP contribution in [0, 0.1) is 0 Å². The summed E-state index contributed by atoms with van der Waals surface area (Å²) in [6.45, 7) is 2.26. The fraction of sp³-hybridized carbons (Fsp3) is 0.294. The first-order valence-corrected chi connectivity index (χ1v) is 7.55. The summed E-state index contributed by atoms with van der Waals surface area (Å²) in [6.07, 6.45) is 3.81. The lowest BCUT2D eigenvalue weighted by Crippen LogP contribution is -2.43. The number of hydrogen-bond acceptors (Lipinski definition) is 2. The summed E-state index contributed by atoms with van der Waals surface area (Å²) in [4.78, 5) is 14.1. The Morgan fingerprint density at radius 2 is 1.77 bits per heavy atom. The predicted octanol–water partition coefficient (Wildman–Crippen LogP) is 2.57. The van der Waals surface area contributed by atoms with Gasteiger partial charge in [0.2, 0.25) is 6.54 Å². The minimum Gasteiger partial charge on any atom is -0.377 e. The van der Waals surface area contributed by atoms with E-state index in [0.29, 0.717) is 11.6 Å². The van der Waals surface area contributed by atoms with E-state index in [1.807, 2.05) is 79.3 Å². The van der Waals surface area contributed by atoms with Crippen molar-refractivity contribution in [2.24, 2.45) is 0 Å². The Labute approximate surface area is 136 Å². The number of halogens is 1. The molecule has 2 rings (SSSR count). The minimum absolute atomic E-state index is 0.0231. The second-order valence-corrected chi connectivity index (χ2v) is 5.90. The summed E-state index contributed by atoms with van der Waals surface area (Å²) < 4.78 is 1.86. The van der Waals surface area contributed by atoms with Crippen LogP contribution in [0.25, 0.3) is 0 Å². The van der Waals surface area contributed by atoms with E-state index >= 15 is 0 Å². The fourth-order valence-electron chi connectivity index (χ4n) is 2.14. The molecule has 0 radical (unpaired) electrons. The summed E-state index contributed by atoms with van der Waals surface area (Å²) >= 11 is 5.87. The third-order valence-corrected chi connectivity index (χ3v) is 3.72. The van der Waals surface area contributed by atoms with Crippen molar-refractivity contribution >= 4 is 23.2 Å². The van der Waals surface area contributed by atoms with Crippen LogP contribution in [0.1, 0.15) is 18.5 Å². The van der Waals surface area contributed by atoms with Crippen LogP contribution in [0.4, 0.5) is 5.69 Å². The zero-order valence-corrected chi connectivity index (χ0v) is 13.8. The maximum absolute atomic E-state index is 12.1. The van der Waals surface area contributed by atoms with Crippen LogP contribution in [0.15, 0.2) is 48.8 Å². The van der Waals surface area contributed by atoms with Crippen LogP contribution in [-0.4, -0.2) is 20.0 Å². The lowest BCUT2D eigenvalue weighted by atomic mass is 10.1. The second-order valence-electron chi connectivity index (χ2n) is 5.46. The molecule has 116 valence electrons. The van der Waals surface area contributed by atoms with Crippen LogP contribution in [0.5, 0.6) is 0 Å². The number of carbonyl (C=O) groups is 1. The molecule has 0 unspecified atom stereocenters. The molecule has 0 spiro atoms. The van der Waals surface area contributed by atoms with Gasteiger partial charge in [0.25, 0.3) is 5.91 Å². The molecule has 1 aromatic heterocycles. The molecule has 0 saturated carbocycles. The monoisotopic (exact) mass is 318 g/mol. The van der Waals surface area contributed by atoms with E-state index in [2.05, 4.69) is 5.32 Å². The zero-order chi connectivity index (χ0) is 16.1. The van der Waals surface area contributed by atoms with Crippen molar-refractivity contribution in [1.29, 1.82) is 0 Å². The quantitative estimate of drug-likeness (QED) is 0.860. The molecule has 4 nitrogen and oxygen atoms in total. The molecule has 2 aromatic rings. The third kappa shape index (κ3) is 4.46. The Bertz CT molecular complexity index is 623. The van der Waals surface area contributed by atoms with Crippen molar-refractivity contribution in [1.82, 2.24) is 5.32 Å². The van der Waals surface area contributed by atoms with Gasteiger partial charge in [0.05, 0.1) is 6.04 Å². The predicted molar refractivity (Wildman–Crippen MR) is 89.0 cm³/mol. The number of nitrogens with zero attached hydrogens (tertiary/aromatic N) is 2. The number of amides is 1. The number of aromatic nitrogens is 1. The van der Waals surface area contributed by atoms with Crippen molar-refractivity contribution in [2.45, 2.75) is 19.5 Å². The number of pyridine rings is 1. The molecule has 0 fully saturated rings. The van der Waals surface area contributed by atoms with Crippen molar-refractivity contribution in [3.63, 3.8) is 0 Å². The van der Waals surface area contributed by atoms with Gasteiger partial charge in [-0.25, -0.2) is 0 Å². The number of hydrogen-bond donors (Lipinski definition) is 1. The van der Waals surface area contributed by atoms with Gasteiger partial charge in [0.1, 0.15) is 0 Å². The topological polar surface area (TPSA) is 36.2 Å². The Morgan fingerprint density at radius 3 is 2.32 bits per heavy atom. The molecular weight excluding hydrogens is 298 g/mol. The number of carbonyl (C=O) groups excluding carboxylic acids is 1. The van der Waals surface area contributed by atoms with Gasteiger partial charge in [-0.1, -0.05) is 23.7 Å². The molecule has 0 aliphatic heterocycles. The van der Waals surface area contributed by atoms with E-state index in [0.717, 1.165) is 11.3 Å². The molecular formula is C17H21ClN3O+. The van der Waals surface area contributed by atoms with Crippen molar-refractivity contribution < 1.29 is 9.36 Å². The molecule has 1 aromatic carbocycles. The highest BCUT2D eigenvalue weighted by Gasteiger charge is 2.13. The first-order valence-electron chi connectivity index (χ1n) is 7.17. The van der Waals surface area contributed by atoms with Gasteiger partial charge in [0, 0.05) is 36.9 Å². The SMILES string of the molecule is C[C@@H](NC(=O)C[n+]1ccc(N(C)C)cc1)c1ccc(Cl)cc1. The smallest absolute Gasteiger partial charge is 0.286 e. The van der Waals surface area contributed by atoms with E-state index in [-0.39, 0.29) is 11.9 Å². The van der Waals surface area contributed by atoms with Crippen LogP contribution in [0.2, 0.25) is 5.02 Å². The summed E-state index contributed by atoms with van der Waals surface area (Å²) in [7, 11) is 3.97. The fourth-order valence-corrected chi connectivity index (χ4v) is 2.27. The van der Waals surface area contributed by atoms with Crippen LogP contribution >= 0.6 is 11.6 Å². The maximum Gasteiger partial charge on any atom is 0.286 e. The molecule has 22 heavy (non-hydrogen) atoms. The van der Waals surface area contributed by atoms with Crippen molar-refractivity contribution in [3.05, 3.63) is 59.4 Å². The highest BCUT2D eigenvalue weighted by molar-refractivity contribution is 6.30. The number of anilines is 1. The average molecular weight is 319 g/mol. The molecule has 0 aliphatic rings. The summed E-state index contributed by atoms with van der Waals surface area (Å²) in [5, 5.41) is 3.68. The molecule has 1 atom stereocenters. The van der Waals surface area contributed by atoms with E-state index in [1.165, 1.54) is 0 Å². The Balaban J connectivity index is 1.93. The lowest BCUT2D eigenvalue weighted by molar-refractivity contribution is -0.684. The Morgan fingerprint density at radius 1 is 1.18 bits per heavy atom. The van der Waals surface area contributed by atoms with E-state index in [1.54, 1.807) is 0 Å². The molecule has 1 heterocycles. The zero-order valence-electron chi connectivity index (χ0n) is 13.1. The van der Waals surface area contributed by atoms with Crippen LogP contribution < -0.4 is 14.8 Å². The van der Waals surface area contributed by atoms with Gasteiger partial charge in [-0.05, 0) is 24.6 Å². The van der Waals surface area contributed by atoms with Gasteiger partial charge < -0.3 is 10.2 Å². The normalized spacial score (nSPS) is 11.8. The first kappa shape index (κ1) is 16.3. The van der Waals surface area contributed by atoms with Crippen LogP contribution in [0.3, 0.4) is 0 Å². The second kappa shape index (κ2) is 7.27. The van der Waals surface area contributed by atoms with E-state index in [4.69, 9.17) is 11.6 Å². The number of nitrogens with one attached hydrogen (secondary N) is 1. The summed E-state index contributed by atoms with van der Waals surface area (Å²) in [6, 6.07) is 11.4. The molecule has 1 N–H and O–H groups in total. The standard InChI is InChI=1S/C17H20ClN3O/c1-13(14-4-6-15(18)7-5-14)19-17(22)12-21-10-8-16(9-11-21)20(2)3/h4-11,13H,12H2,1-3H3/p+1/t13-/m1/s1.